The van der Waals surface area contributed by atoms with Crippen LogP contribution in [0.25, 0.3) is 22.4 Å². The number of carbonyl (C=O) groups is 2. The zero-order valence-electron chi connectivity index (χ0n) is 31.8. The lowest BCUT2D eigenvalue weighted by molar-refractivity contribution is 0.0986. The van der Waals surface area contributed by atoms with Gasteiger partial charge in [0.1, 0.15) is 5.82 Å². The second kappa shape index (κ2) is 12.3. The average molecular weight is 628 g/mol. The van der Waals surface area contributed by atoms with E-state index in [9.17, 15) is 9.59 Å². The summed E-state index contributed by atoms with van der Waals surface area (Å²) in [6, 6.07) is 10.9. The maximum absolute atomic E-state index is 14.3. The fourth-order valence-electron chi connectivity index (χ4n) is 6.57. The van der Waals surface area contributed by atoms with Crippen molar-refractivity contribution in [2.75, 3.05) is 16.8 Å². The first kappa shape index (κ1) is 28.3. The highest BCUT2D eigenvalue weighted by atomic mass is 16.2. The Morgan fingerprint density at radius 3 is 2.34 bits per heavy atom. The van der Waals surface area contributed by atoms with Gasteiger partial charge in [0.2, 0.25) is 0 Å². The molecule has 0 bridgehead atoms. The summed E-state index contributed by atoms with van der Waals surface area (Å²) in [6.07, 6.45) is 1.45. The van der Waals surface area contributed by atoms with Crippen LogP contribution < -0.4 is 10.2 Å². The quantitative estimate of drug-likeness (QED) is 0.204. The number of aromatic nitrogens is 2. The van der Waals surface area contributed by atoms with Crippen molar-refractivity contribution in [3.63, 3.8) is 0 Å². The SMILES string of the molecule is [2H]c1c([2H])c(C)c(C)c(-c2c(C(=O)Nc3ccc(C(=O)N4CCc5[nH]c(CC)nc5-c5c4cc(C)c(C)c5C)cc3C)ccc(C)c2C)c1[2H]. The third kappa shape index (κ3) is 5.56. The topological polar surface area (TPSA) is 78.1 Å². The molecule has 2 amide bonds. The van der Waals surface area contributed by atoms with Crippen molar-refractivity contribution in [2.45, 2.75) is 75.2 Å². The van der Waals surface area contributed by atoms with Crippen molar-refractivity contribution >= 4 is 23.2 Å². The van der Waals surface area contributed by atoms with Crippen molar-refractivity contribution in [1.82, 2.24) is 9.97 Å². The Morgan fingerprint density at radius 1 is 0.851 bits per heavy atom. The number of benzene rings is 4. The zero-order valence-corrected chi connectivity index (χ0v) is 28.8. The maximum atomic E-state index is 14.3. The summed E-state index contributed by atoms with van der Waals surface area (Å²) in [6.45, 7) is 18.2. The minimum absolute atomic E-state index is 0.0260. The molecule has 1 aliphatic heterocycles. The van der Waals surface area contributed by atoms with Crippen molar-refractivity contribution < 1.29 is 13.7 Å². The summed E-state index contributed by atoms with van der Waals surface area (Å²) in [5.41, 5.74) is 13.7. The van der Waals surface area contributed by atoms with E-state index in [1.165, 1.54) is 5.56 Å². The molecule has 0 spiro atoms. The van der Waals surface area contributed by atoms with E-state index < -0.39 is 0 Å². The highest BCUT2D eigenvalue weighted by Gasteiger charge is 2.30. The molecule has 6 nitrogen and oxygen atoms in total. The van der Waals surface area contributed by atoms with Crippen LogP contribution in [0.3, 0.4) is 0 Å². The standard InChI is InChI=1S/C41H44N4O2/c1-10-36-42-34-18-19-45(35-21-24(4)26(6)29(9)38(35)39(34)44-36)41(47)30-15-17-33(25(5)20-30)43-40(46)32-16-14-23(3)28(8)37(32)31-13-11-12-22(2)27(31)7/h11-17,20-21H,10,18-19H2,1-9H3,(H,42,44)(H,43,46)/i11D,12D,13D. The average Bonchev–Trinajstić information content (AvgIpc) is 3.44. The molecule has 2 heterocycles. The van der Waals surface area contributed by atoms with Gasteiger partial charge in [-0.25, -0.2) is 4.98 Å². The Bertz CT molecular complexity index is 2220. The molecule has 6 heteroatoms. The molecule has 0 saturated carbocycles. The molecule has 2 N–H and O–H groups in total. The predicted molar refractivity (Wildman–Crippen MR) is 193 cm³/mol. The third-order valence-electron chi connectivity index (χ3n) is 9.99. The molecule has 4 aromatic carbocycles. The van der Waals surface area contributed by atoms with Gasteiger partial charge in [0.15, 0.2) is 0 Å². The fourth-order valence-corrected chi connectivity index (χ4v) is 6.57. The summed E-state index contributed by atoms with van der Waals surface area (Å²) >= 11 is 0. The van der Waals surface area contributed by atoms with Crippen LogP contribution in [-0.4, -0.2) is 28.3 Å². The first-order chi connectivity index (χ1) is 23.7. The molecule has 0 fully saturated rings. The maximum Gasteiger partial charge on any atom is 0.258 e. The van der Waals surface area contributed by atoms with Crippen LogP contribution in [0.2, 0.25) is 0 Å². The molecular formula is C41H44N4O2. The van der Waals surface area contributed by atoms with E-state index >= 15 is 0 Å². The van der Waals surface area contributed by atoms with E-state index in [0.29, 0.717) is 52.0 Å². The summed E-state index contributed by atoms with van der Waals surface area (Å²) < 4.78 is 25.5. The monoisotopic (exact) mass is 627 g/mol. The molecule has 0 atom stereocenters. The van der Waals surface area contributed by atoms with Gasteiger partial charge in [0, 0.05) is 47.5 Å². The molecule has 240 valence electrons. The number of rotatable bonds is 5. The van der Waals surface area contributed by atoms with Crippen LogP contribution in [0.4, 0.5) is 11.4 Å². The molecule has 0 saturated heterocycles. The van der Waals surface area contributed by atoms with Crippen molar-refractivity contribution in [2.24, 2.45) is 0 Å². The number of aryl methyl sites for hydroxylation is 4. The molecular weight excluding hydrogens is 580 g/mol. The van der Waals surface area contributed by atoms with Gasteiger partial charge in [0.05, 0.1) is 15.5 Å². The van der Waals surface area contributed by atoms with E-state index in [2.05, 4.69) is 44.1 Å². The van der Waals surface area contributed by atoms with E-state index in [0.717, 1.165) is 62.7 Å². The van der Waals surface area contributed by atoms with Crippen molar-refractivity contribution in [1.29, 1.82) is 0 Å². The number of hydrogen-bond donors (Lipinski definition) is 2. The summed E-state index contributed by atoms with van der Waals surface area (Å²) in [5, 5.41) is 3.05. The Kier molecular flexibility index (Phi) is 7.41. The highest BCUT2D eigenvalue weighted by Crippen LogP contribution is 2.41. The van der Waals surface area contributed by atoms with E-state index in [1.807, 2.05) is 44.7 Å². The smallest absolute Gasteiger partial charge is 0.258 e. The lowest BCUT2D eigenvalue weighted by Crippen LogP contribution is -2.33. The Labute approximate surface area is 282 Å². The Hall–Kier alpha value is -4.97. The lowest BCUT2D eigenvalue weighted by Gasteiger charge is -2.26. The van der Waals surface area contributed by atoms with Gasteiger partial charge in [-0.05, 0) is 141 Å². The molecule has 1 aliphatic rings. The van der Waals surface area contributed by atoms with Crippen LogP contribution >= 0.6 is 0 Å². The van der Waals surface area contributed by atoms with Gasteiger partial charge in [0.25, 0.3) is 11.8 Å². The highest BCUT2D eigenvalue weighted by molar-refractivity contribution is 6.11. The molecule has 0 aliphatic carbocycles. The normalized spacial score (nSPS) is 13.3. The number of H-pyrrole nitrogens is 1. The summed E-state index contributed by atoms with van der Waals surface area (Å²) in [4.78, 5) is 38.6. The number of anilines is 2. The van der Waals surface area contributed by atoms with Gasteiger partial charge in [-0.2, -0.15) is 0 Å². The number of carbonyl (C=O) groups excluding carboxylic acids is 2. The summed E-state index contributed by atoms with van der Waals surface area (Å²) in [7, 11) is 0. The number of hydrogen-bond acceptors (Lipinski definition) is 3. The number of nitrogens with zero attached hydrogens (tertiary/aromatic N) is 2. The number of fused-ring (bicyclic) bond motifs is 3. The van der Waals surface area contributed by atoms with E-state index in [1.54, 1.807) is 25.1 Å². The van der Waals surface area contributed by atoms with Crippen molar-refractivity contribution in [3.8, 4) is 22.4 Å². The van der Waals surface area contributed by atoms with Crippen LogP contribution in [0, 0.1) is 55.4 Å². The van der Waals surface area contributed by atoms with Crippen molar-refractivity contribution in [3.05, 3.63) is 122 Å². The Balaban J connectivity index is 1.35. The van der Waals surface area contributed by atoms with Gasteiger partial charge in [-0.15, -0.1) is 0 Å². The van der Waals surface area contributed by atoms with Gasteiger partial charge < -0.3 is 15.2 Å². The molecule has 0 unspecified atom stereocenters. The first-order valence-corrected chi connectivity index (χ1v) is 16.3. The minimum Gasteiger partial charge on any atom is -0.345 e. The number of aromatic amines is 1. The van der Waals surface area contributed by atoms with Gasteiger partial charge >= 0.3 is 0 Å². The van der Waals surface area contributed by atoms with E-state index in [-0.39, 0.29) is 29.9 Å². The summed E-state index contributed by atoms with van der Waals surface area (Å²) in [5.74, 6) is 0.466. The predicted octanol–water partition coefficient (Wildman–Crippen LogP) is 9.23. The number of imidazole rings is 1. The van der Waals surface area contributed by atoms with Crippen LogP contribution in [0.15, 0.2) is 54.5 Å². The van der Waals surface area contributed by atoms with Gasteiger partial charge in [-0.1, -0.05) is 31.1 Å². The minimum atomic E-state index is -0.355. The molecule has 5 aromatic rings. The second-order valence-corrected chi connectivity index (χ2v) is 12.8. The molecule has 0 radical (unpaired) electrons. The van der Waals surface area contributed by atoms with Crippen LogP contribution in [0.5, 0.6) is 0 Å². The molecule has 47 heavy (non-hydrogen) atoms. The lowest BCUT2D eigenvalue weighted by atomic mass is 9.88. The largest absolute Gasteiger partial charge is 0.345 e. The first-order valence-electron chi connectivity index (χ1n) is 17.8. The number of amides is 2. The second-order valence-electron chi connectivity index (χ2n) is 12.8. The zero-order chi connectivity index (χ0) is 36.3. The van der Waals surface area contributed by atoms with E-state index in [4.69, 9.17) is 9.10 Å². The van der Waals surface area contributed by atoms with Crippen LogP contribution in [-0.2, 0) is 12.8 Å². The number of nitrogens with one attached hydrogen (secondary N) is 2. The molecule has 6 rings (SSSR count). The fraction of sp³-hybridized carbons (Fsp3) is 0.293. The Morgan fingerprint density at radius 2 is 1.62 bits per heavy atom. The van der Waals surface area contributed by atoms with Gasteiger partial charge in [-0.3, -0.25) is 9.59 Å². The third-order valence-corrected chi connectivity index (χ3v) is 9.99. The molecule has 1 aromatic heterocycles. The van der Waals surface area contributed by atoms with Crippen LogP contribution in [0.1, 0.15) is 87.8 Å².